The molecule has 1 amide bonds. The molecule has 1 aromatic carbocycles. The third kappa shape index (κ3) is 3.42. The number of amides is 1. The molecule has 0 saturated carbocycles. The highest BCUT2D eigenvalue weighted by molar-refractivity contribution is 7.91. The normalized spacial score (nSPS) is 20.0. The first-order valence-corrected chi connectivity index (χ1v) is 8.37. The van der Waals surface area contributed by atoms with Crippen LogP contribution in [-0.2, 0) is 9.84 Å². The Labute approximate surface area is 123 Å². The quantitative estimate of drug-likeness (QED) is 0.793. The van der Waals surface area contributed by atoms with E-state index in [1.165, 1.54) is 17.0 Å². The van der Waals surface area contributed by atoms with Gasteiger partial charge in [-0.15, -0.1) is 6.42 Å². The Morgan fingerprint density at radius 3 is 2.76 bits per heavy atom. The number of aryl methyl sites for hydroxylation is 1. The Hall–Kier alpha value is -1.87. The molecule has 1 aromatic rings. The van der Waals surface area contributed by atoms with E-state index >= 15 is 0 Å². The Kier molecular flexibility index (Phi) is 4.33. The molecule has 1 saturated heterocycles. The Bertz CT molecular complexity index is 706. The van der Waals surface area contributed by atoms with Crippen LogP contribution < -0.4 is 0 Å². The molecule has 0 radical (unpaired) electrons. The summed E-state index contributed by atoms with van der Waals surface area (Å²) in [5, 5.41) is 0. The predicted molar refractivity (Wildman–Crippen MR) is 78.1 cm³/mol. The van der Waals surface area contributed by atoms with Crippen molar-refractivity contribution in [3.8, 4) is 12.3 Å². The van der Waals surface area contributed by atoms with Crippen molar-refractivity contribution in [3.63, 3.8) is 0 Å². The van der Waals surface area contributed by atoms with Crippen LogP contribution >= 0.6 is 0 Å². The number of halogens is 1. The molecule has 2 rings (SSSR count). The van der Waals surface area contributed by atoms with Gasteiger partial charge in [0.05, 0.1) is 23.6 Å². The van der Waals surface area contributed by atoms with Crippen LogP contribution in [0, 0.1) is 25.1 Å². The second-order valence-electron chi connectivity index (χ2n) is 5.18. The minimum Gasteiger partial charge on any atom is -0.323 e. The molecule has 1 aliphatic heterocycles. The van der Waals surface area contributed by atoms with Crippen molar-refractivity contribution < 1.29 is 17.6 Å². The van der Waals surface area contributed by atoms with Crippen LogP contribution in [0.5, 0.6) is 0 Å². The summed E-state index contributed by atoms with van der Waals surface area (Å²) in [6.07, 6.45) is 5.59. The van der Waals surface area contributed by atoms with Crippen LogP contribution in [0.4, 0.5) is 4.39 Å². The second-order valence-corrected chi connectivity index (χ2v) is 7.41. The lowest BCUT2D eigenvalue weighted by Gasteiger charge is -2.26. The maximum absolute atomic E-state index is 13.9. The minimum atomic E-state index is -3.15. The smallest absolute Gasteiger partial charge is 0.257 e. The Balaban J connectivity index is 2.30. The van der Waals surface area contributed by atoms with E-state index in [4.69, 9.17) is 6.42 Å². The van der Waals surface area contributed by atoms with Gasteiger partial charge in [-0.3, -0.25) is 4.79 Å². The van der Waals surface area contributed by atoms with Crippen molar-refractivity contribution in [1.29, 1.82) is 0 Å². The first kappa shape index (κ1) is 15.5. The molecule has 0 spiro atoms. The number of hydrogen-bond donors (Lipinski definition) is 0. The highest BCUT2D eigenvalue weighted by Gasteiger charge is 2.35. The van der Waals surface area contributed by atoms with Crippen LogP contribution in [0.3, 0.4) is 0 Å². The summed E-state index contributed by atoms with van der Waals surface area (Å²) in [5.41, 5.74) is 0.621. The lowest BCUT2D eigenvalue weighted by Crippen LogP contribution is -2.41. The highest BCUT2D eigenvalue weighted by Crippen LogP contribution is 2.21. The lowest BCUT2D eigenvalue weighted by molar-refractivity contribution is 0.0719. The Morgan fingerprint density at radius 2 is 2.24 bits per heavy atom. The third-order valence-electron chi connectivity index (χ3n) is 3.53. The van der Waals surface area contributed by atoms with Gasteiger partial charge in [-0.2, -0.15) is 0 Å². The number of terminal acetylenes is 1. The molecule has 4 nitrogen and oxygen atoms in total. The van der Waals surface area contributed by atoms with Crippen molar-refractivity contribution >= 4 is 15.7 Å². The van der Waals surface area contributed by atoms with E-state index in [0.29, 0.717) is 12.0 Å². The van der Waals surface area contributed by atoms with E-state index in [1.54, 1.807) is 13.0 Å². The molecular formula is C15H16FNO3S. The molecule has 21 heavy (non-hydrogen) atoms. The number of rotatable bonds is 3. The molecule has 0 aliphatic carbocycles. The summed E-state index contributed by atoms with van der Waals surface area (Å²) in [4.78, 5) is 13.7. The van der Waals surface area contributed by atoms with Crippen LogP contribution in [-0.4, -0.2) is 43.3 Å². The average molecular weight is 309 g/mol. The van der Waals surface area contributed by atoms with Crippen LogP contribution in [0.2, 0.25) is 0 Å². The molecule has 0 aromatic heterocycles. The maximum atomic E-state index is 13.9. The second kappa shape index (κ2) is 5.86. The monoisotopic (exact) mass is 309 g/mol. The van der Waals surface area contributed by atoms with Gasteiger partial charge in [-0.25, -0.2) is 12.8 Å². The molecule has 112 valence electrons. The highest BCUT2D eigenvalue weighted by atomic mass is 32.2. The first-order chi connectivity index (χ1) is 9.84. The van der Waals surface area contributed by atoms with Crippen molar-refractivity contribution in [1.82, 2.24) is 4.90 Å². The molecule has 1 heterocycles. The molecule has 6 heteroatoms. The standard InChI is InChI=1S/C15H16FNO3S/c1-3-7-17(12-6-8-21(19,20)10-12)15(18)13-5-4-11(2)9-14(13)16/h1,4-5,9,12H,6-8,10H2,2H3. The number of nitrogens with zero attached hydrogens (tertiary/aromatic N) is 1. The van der Waals surface area contributed by atoms with Gasteiger partial charge < -0.3 is 4.90 Å². The van der Waals surface area contributed by atoms with Gasteiger partial charge in [0.25, 0.3) is 5.91 Å². The van der Waals surface area contributed by atoms with Gasteiger partial charge in [0.2, 0.25) is 0 Å². The number of benzene rings is 1. The fourth-order valence-corrected chi connectivity index (χ4v) is 4.17. The zero-order valence-electron chi connectivity index (χ0n) is 11.7. The molecule has 0 N–H and O–H groups in total. The molecule has 1 fully saturated rings. The maximum Gasteiger partial charge on any atom is 0.257 e. The molecule has 1 atom stereocenters. The van der Waals surface area contributed by atoms with E-state index in [9.17, 15) is 17.6 Å². The predicted octanol–water partition coefficient (Wildman–Crippen LogP) is 1.40. The van der Waals surface area contributed by atoms with Crippen molar-refractivity contribution in [2.45, 2.75) is 19.4 Å². The van der Waals surface area contributed by atoms with Crippen molar-refractivity contribution in [2.75, 3.05) is 18.1 Å². The van der Waals surface area contributed by atoms with Crippen molar-refractivity contribution in [3.05, 3.63) is 35.1 Å². The first-order valence-electron chi connectivity index (χ1n) is 6.55. The van der Waals surface area contributed by atoms with E-state index in [0.717, 1.165) is 0 Å². The SMILES string of the molecule is C#CCN(C(=O)c1ccc(C)cc1F)C1CCS(=O)(=O)C1. The molecule has 1 unspecified atom stereocenters. The molecular weight excluding hydrogens is 293 g/mol. The zero-order chi connectivity index (χ0) is 15.6. The van der Waals surface area contributed by atoms with Gasteiger partial charge in [0.1, 0.15) is 5.82 Å². The Morgan fingerprint density at radius 1 is 1.52 bits per heavy atom. The number of hydrogen-bond acceptors (Lipinski definition) is 3. The lowest BCUT2D eigenvalue weighted by atomic mass is 10.1. The summed E-state index contributed by atoms with van der Waals surface area (Å²) in [6.45, 7) is 1.69. The summed E-state index contributed by atoms with van der Waals surface area (Å²) in [5.74, 6) is 1.07. The fourth-order valence-electron chi connectivity index (χ4n) is 2.43. The zero-order valence-corrected chi connectivity index (χ0v) is 12.5. The molecule has 0 bridgehead atoms. The number of carbonyl (C=O) groups excluding carboxylic acids is 1. The topological polar surface area (TPSA) is 54.5 Å². The van der Waals surface area contributed by atoms with Crippen LogP contribution in [0.15, 0.2) is 18.2 Å². The van der Waals surface area contributed by atoms with Gasteiger partial charge in [0.15, 0.2) is 9.84 Å². The van der Waals surface area contributed by atoms with E-state index in [1.807, 2.05) is 0 Å². The molecule has 1 aliphatic rings. The summed E-state index contributed by atoms with van der Waals surface area (Å²) in [7, 11) is -3.15. The van der Waals surface area contributed by atoms with E-state index in [2.05, 4.69) is 5.92 Å². The summed E-state index contributed by atoms with van der Waals surface area (Å²) in [6, 6.07) is 3.82. The van der Waals surface area contributed by atoms with Gasteiger partial charge in [-0.1, -0.05) is 12.0 Å². The number of sulfone groups is 1. The largest absolute Gasteiger partial charge is 0.323 e. The summed E-state index contributed by atoms with van der Waals surface area (Å²) >= 11 is 0. The van der Waals surface area contributed by atoms with Gasteiger partial charge >= 0.3 is 0 Å². The number of carbonyl (C=O) groups is 1. The van der Waals surface area contributed by atoms with Crippen LogP contribution in [0.25, 0.3) is 0 Å². The fraction of sp³-hybridized carbons (Fsp3) is 0.400. The summed E-state index contributed by atoms with van der Waals surface area (Å²) < 4.78 is 37.0. The van der Waals surface area contributed by atoms with Crippen LogP contribution in [0.1, 0.15) is 22.3 Å². The van der Waals surface area contributed by atoms with E-state index in [-0.39, 0.29) is 23.6 Å². The third-order valence-corrected chi connectivity index (χ3v) is 5.28. The van der Waals surface area contributed by atoms with Gasteiger partial charge in [-0.05, 0) is 31.0 Å². The average Bonchev–Trinajstić information content (AvgIpc) is 2.75. The van der Waals surface area contributed by atoms with E-state index < -0.39 is 27.6 Å². The van der Waals surface area contributed by atoms with Crippen molar-refractivity contribution in [2.24, 2.45) is 0 Å². The van der Waals surface area contributed by atoms with Gasteiger partial charge in [0, 0.05) is 6.04 Å². The minimum absolute atomic E-state index is 0.0302.